The zero-order valence-electron chi connectivity index (χ0n) is 27.8. The molecule has 45 heavy (non-hydrogen) atoms. The van der Waals surface area contributed by atoms with Crippen LogP contribution in [0.4, 0.5) is 9.59 Å². The maximum Gasteiger partial charge on any atom is 0.410 e. The topological polar surface area (TPSA) is 138 Å². The molecule has 11 heteroatoms. The van der Waals surface area contributed by atoms with Crippen LogP contribution < -0.4 is 20.5 Å². The van der Waals surface area contributed by atoms with Gasteiger partial charge in [-0.2, -0.15) is 0 Å². The molecule has 0 radical (unpaired) electrons. The number of carbonyl (C=O) groups is 2. The number of hydrogen-bond acceptors (Lipinski definition) is 9. The summed E-state index contributed by atoms with van der Waals surface area (Å²) in [5, 5.41) is 3.39. The fraction of sp³-hybridized carbons (Fsp3) is 0.647. The van der Waals surface area contributed by atoms with Crippen molar-refractivity contribution in [1.29, 1.82) is 0 Å². The number of fused-ring (bicyclic) bond motifs is 2. The van der Waals surface area contributed by atoms with Crippen LogP contribution in [0.25, 0.3) is 0 Å². The Morgan fingerprint density at radius 1 is 0.778 bits per heavy atom. The number of ether oxygens (including phenoxy) is 4. The Labute approximate surface area is 267 Å². The zero-order valence-corrected chi connectivity index (χ0v) is 27.8. The predicted octanol–water partition coefficient (Wildman–Crippen LogP) is 5.59. The average molecular weight is 626 g/mol. The van der Waals surface area contributed by atoms with E-state index in [1.165, 1.54) is 11.1 Å². The molecule has 0 saturated carbocycles. The van der Waals surface area contributed by atoms with Crippen LogP contribution in [0.5, 0.6) is 11.5 Å². The average Bonchev–Trinajstić information content (AvgIpc) is 2.96. The molecule has 4 aliphatic rings. The Hall–Kier alpha value is -3.60. The van der Waals surface area contributed by atoms with Gasteiger partial charge in [-0.1, -0.05) is 0 Å². The minimum atomic E-state index is -0.725. The van der Waals surface area contributed by atoms with Gasteiger partial charge in [-0.15, -0.1) is 0 Å². The molecule has 0 aromatic carbocycles. The van der Waals surface area contributed by atoms with Crippen molar-refractivity contribution in [2.45, 2.75) is 115 Å². The fourth-order valence-electron chi connectivity index (χ4n) is 6.01. The lowest BCUT2D eigenvalue weighted by Crippen LogP contribution is -2.52. The number of amides is 2. The number of aromatic nitrogens is 2. The summed E-state index contributed by atoms with van der Waals surface area (Å²) in [6.07, 6.45) is 14.7. The van der Waals surface area contributed by atoms with Gasteiger partial charge in [0.2, 0.25) is 0 Å². The van der Waals surface area contributed by atoms with E-state index in [-0.39, 0.29) is 17.3 Å². The number of nitrogens with zero attached hydrogens (tertiary/aromatic N) is 3. The first-order chi connectivity index (χ1) is 21.2. The molecule has 0 atom stereocenters. The van der Waals surface area contributed by atoms with E-state index in [4.69, 9.17) is 19.9 Å². The molecule has 2 saturated heterocycles. The summed E-state index contributed by atoms with van der Waals surface area (Å²) in [4.78, 5) is 32.2. The van der Waals surface area contributed by atoms with Crippen LogP contribution in [0.1, 0.15) is 91.2 Å². The van der Waals surface area contributed by atoms with Crippen LogP contribution in [-0.4, -0.2) is 75.6 Å². The third kappa shape index (κ3) is 10.2. The first-order valence-corrected chi connectivity index (χ1v) is 16.1. The summed E-state index contributed by atoms with van der Waals surface area (Å²) in [7, 11) is 0. The molecule has 4 aliphatic heterocycles. The molecule has 3 N–H and O–H groups in total. The van der Waals surface area contributed by atoms with Crippen molar-refractivity contribution < 1.29 is 28.5 Å². The molecule has 2 spiro atoms. The second-order valence-electron chi connectivity index (χ2n) is 14.3. The Morgan fingerprint density at radius 2 is 1.24 bits per heavy atom. The Kier molecular flexibility index (Phi) is 10.8. The quantitative estimate of drug-likeness (QED) is 0.384. The number of likely N-dealkylation sites (tertiary alicyclic amines) is 1. The van der Waals surface area contributed by atoms with Crippen molar-refractivity contribution in [2.24, 2.45) is 5.73 Å². The van der Waals surface area contributed by atoms with E-state index in [0.717, 1.165) is 76.0 Å². The van der Waals surface area contributed by atoms with Crippen molar-refractivity contribution in [1.82, 2.24) is 20.2 Å². The fourth-order valence-corrected chi connectivity index (χ4v) is 6.01. The van der Waals surface area contributed by atoms with Crippen LogP contribution in [0.15, 0.2) is 36.9 Å². The summed E-state index contributed by atoms with van der Waals surface area (Å²) in [6.45, 7) is 14.5. The van der Waals surface area contributed by atoms with Gasteiger partial charge in [0.05, 0.1) is 0 Å². The summed E-state index contributed by atoms with van der Waals surface area (Å²) < 4.78 is 22.5. The van der Waals surface area contributed by atoms with Crippen LogP contribution in [0.2, 0.25) is 0 Å². The lowest BCUT2D eigenvalue weighted by atomic mass is 9.83. The van der Waals surface area contributed by atoms with Gasteiger partial charge in [-0.3, -0.25) is 9.97 Å². The van der Waals surface area contributed by atoms with E-state index in [0.29, 0.717) is 13.1 Å². The van der Waals surface area contributed by atoms with E-state index < -0.39 is 17.3 Å². The van der Waals surface area contributed by atoms with Crippen molar-refractivity contribution in [3.8, 4) is 11.5 Å². The highest BCUT2D eigenvalue weighted by atomic mass is 16.6. The number of carbonyl (C=O) groups excluding carboxylic acids is 2. The standard InChI is InChI=1S/C17H24N2O3.C12H16N2O.C5H11NO2/c1-16(2,3)22-15(20)19-10-7-17(8-11-19)6-4-13-12-18-9-5-14(13)21-17;1-3-12(4-7-13-8-5-12)15-11-2-6-14-9-10(1)11;1-5(2,3)8-4(6)7/h5,9,12H,4,6-8,10-11H2,1-3H3;2,6,9,13H,1,3-5,7-8H2;1-3H3,(H2,6,7). The Morgan fingerprint density at radius 3 is 1.67 bits per heavy atom. The highest BCUT2D eigenvalue weighted by Gasteiger charge is 2.41. The largest absolute Gasteiger partial charge is 0.487 e. The molecule has 2 aromatic heterocycles. The van der Waals surface area contributed by atoms with E-state index >= 15 is 0 Å². The van der Waals surface area contributed by atoms with E-state index in [2.05, 4.69) is 20.0 Å². The number of piperidine rings is 2. The predicted molar refractivity (Wildman–Crippen MR) is 171 cm³/mol. The van der Waals surface area contributed by atoms with Gasteiger partial charge in [0, 0.05) is 61.8 Å². The molecular weight excluding hydrogens is 574 g/mol. The maximum absolute atomic E-state index is 12.1. The number of rotatable bonds is 0. The van der Waals surface area contributed by atoms with Crippen LogP contribution >= 0.6 is 0 Å². The van der Waals surface area contributed by atoms with Crippen LogP contribution in [0.3, 0.4) is 0 Å². The van der Waals surface area contributed by atoms with E-state index in [1.54, 1.807) is 31.9 Å². The molecule has 248 valence electrons. The van der Waals surface area contributed by atoms with Gasteiger partial charge in [0.15, 0.2) is 0 Å². The number of primary amides is 1. The first kappa shape index (κ1) is 34.3. The van der Waals surface area contributed by atoms with E-state index in [1.807, 2.05) is 51.5 Å². The molecule has 6 rings (SSSR count). The van der Waals surface area contributed by atoms with Gasteiger partial charge in [0.25, 0.3) is 0 Å². The molecule has 11 nitrogen and oxygen atoms in total. The zero-order chi connectivity index (χ0) is 32.7. The van der Waals surface area contributed by atoms with Crippen molar-refractivity contribution in [2.75, 3.05) is 26.2 Å². The molecular formula is C34H51N5O6. The van der Waals surface area contributed by atoms with Crippen LogP contribution in [0, 0.1) is 0 Å². The summed E-state index contributed by atoms with van der Waals surface area (Å²) in [5.41, 5.74) is 6.25. The second-order valence-corrected chi connectivity index (χ2v) is 14.3. The normalized spacial score (nSPS) is 19.6. The van der Waals surface area contributed by atoms with Gasteiger partial charge < -0.3 is 34.9 Å². The number of aryl methyl sites for hydroxylation is 2. The third-order valence-corrected chi connectivity index (χ3v) is 8.32. The van der Waals surface area contributed by atoms with Gasteiger partial charge >= 0.3 is 12.2 Å². The molecule has 0 unspecified atom stereocenters. The highest BCUT2D eigenvalue weighted by molar-refractivity contribution is 5.68. The summed E-state index contributed by atoms with van der Waals surface area (Å²) in [5.74, 6) is 2.00. The number of nitrogens with one attached hydrogen (secondary N) is 1. The maximum atomic E-state index is 12.1. The van der Waals surface area contributed by atoms with Gasteiger partial charge in [0.1, 0.15) is 33.9 Å². The smallest absolute Gasteiger partial charge is 0.410 e. The molecule has 2 amide bonds. The Bertz CT molecular complexity index is 1290. The van der Waals surface area contributed by atoms with Gasteiger partial charge in [-0.05, 0) is 105 Å². The number of hydrogen-bond donors (Lipinski definition) is 2. The van der Waals surface area contributed by atoms with E-state index in [9.17, 15) is 9.59 Å². The minimum absolute atomic E-state index is 0.111. The monoisotopic (exact) mass is 625 g/mol. The van der Waals surface area contributed by atoms with Crippen molar-refractivity contribution in [3.05, 3.63) is 48.0 Å². The third-order valence-electron chi connectivity index (χ3n) is 8.32. The minimum Gasteiger partial charge on any atom is -0.487 e. The first-order valence-electron chi connectivity index (χ1n) is 16.1. The lowest BCUT2D eigenvalue weighted by molar-refractivity contribution is -0.0273. The molecule has 6 heterocycles. The number of nitrogens with two attached hydrogens (primary N) is 1. The molecule has 0 bridgehead atoms. The summed E-state index contributed by atoms with van der Waals surface area (Å²) in [6, 6.07) is 3.94. The van der Waals surface area contributed by atoms with Crippen LogP contribution in [-0.2, 0) is 22.3 Å². The Balaban J connectivity index is 0.000000173. The lowest BCUT2D eigenvalue weighted by Gasteiger charge is -2.44. The summed E-state index contributed by atoms with van der Waals surface area (Å²) >= 11 is 0. The molecule has 2 aromatic rings. The number of pyridine rings is 2. The highest BCUT2D eigenvalue weighted by Crippen LogP contribution is 2.39. The van der Waals surface area contributed by atoms with Crippen molar-refractivity contribution >= 4 is 12.2 Å². The van der Waals surface area contributed by atoms with Gasteiger partial charge in [-0.25, -0.2) is 9.59 Å². The second kappa shape index (κ2) is 14.2. The molecule has 0 aliphatic carbocycles. The molecule has 2 fully saturated rings. The SMILES string of the molecule is CC(C)(C)OC(=O)N1CCC2(CCc3cnccc3O2)CC1.CC(C)(C)OC(N)=O.c1cc2c(cn1)CCC1(CCNCC1)O2. The van der Waals surface area contributed by atoms with Crippen molar-refractivity contribution in [3.63, 3.8) is 0 Å².